The Balaban J connectivity index is 1.92. The summed E-state index contributed by atoms with van der Waals surface area (Å²) < 4.78 is 5.44. The molecule has 2 unspecified atom stereocenters. The van der Waals surface area contributed by atoms with Gasteiger partial charge in [-0.05, 0) is 36.4 Å². The number of amides is 1. The number of ether oxygens (including phenoxy) is 1. The van der Waals surface area contributed by atoms with E-state index in [2.05, 4.69) is 0 Å². The maximum Gasteiger partial charge on any atom is 0.328 e. The summed E-state index contributed by atoms with van der Waals surface area (Å²) in [4.78, 5) is 25.3. The van der Waals surface area contributed by atoms with Crippen molar-refractivity contribution in [1.82, 2.24) is 4.90 Å². The van der Waals surface area contributed by atoms with Gasteiger partial charge in [0.25, 0.3) is 0 Å². The number of nitrogens with zero attached hydrogens (tertiary/aromatic N) is 1. The van der Waals surface area contributed by atoms with E-state index in [1.807, 2.05) is 18.4 Å². The summed E-state index contributed by atoms with van der Waals surface area (Å²) in [7, 11) is 1.79. The van der Waals surface area contributed by atoms with E-state index in [9.17, 15) is 9.59 Å². The van der Waals surface area contributed by atoms with Gasteiger partial charge < -0.3 is 14.7 Å². The van der Waals surface area contributed by atoms with Crippen molar-refractivity contribution in [1.29, 1.82) is 0 Å². The van der Waals surface area contributed by atoms with Crippen molar-refractivity contribution in [3.8, 4) is 0 Å². The predicted octanol–water partition coefficient (Wildman–Crippen LogP) is 2.23. The van der Waals surface area contributed by atoms with Gasteiger partial charge in [0, 0.05) is 24.5 Å². The summed E-state index contributed by atoms with van der Waals surface area (Å²) in [5.74, 6) is -0.907. The molecule has 1 fully saturated rings. The Morgan fingerprint density at radius 3 is 2.95 bits per heavy atom. The number of carbonyl (C=O) groups is 2. The monoisotopic (exact) mass is 309 g/mol. The van der Waals surface area contributed by atoms with Gasteiger partial charge in [-0.1, -0.05) is 0 Å². The van der Waals surface area contributed by atoms with Gasteiger partial charge >= 0.3 is 5.97 Å². The summed E-state index contributed by atoms with van der Waals surface area (Å²) in [5.41, 5.74) is 1.01. The van der Waals surface area contributed by atoms with Gasteiger partial charge in [0.15, 0.2) is 0 Å². The molecule has 1 aliphatic heterocycles. The molecule has 0 bridgehead atoms. The van der Waals surface area contributed by atoms with E-state index >= 15 is 0 Å². The summed E-state index contributed by atoms with van der Waals surface area (Å²) in [6, 6.07) is 1.90. The second-order valence-corrected chi connectivity index (χ2v) is 6.24. The molecule has 0 saturated carbocycles. The zero-order valence-corrected chi connectivity index (χ0v) is 12.9. The van der Waals surface area contributed by atoms with Crippen LogP contribution in [0.1, 0.15) is 23.8 Å². The van der Waals surface area contributed by atoms with Crippen LogP contribution in [0, 0.1) is 5.92 Å². The number of carboxylic acids is 1. The molecular weight excluding hydrogens is 290 g/mol. The van der Waals surface area contributed by atoms with Gasteiger partial charge in [-0.25, -0.2) is 4.79 Å². The van der Waals surface area contributed by atoms with Gasteiger partial charge in [-0.15, -0.1) is 11.3 Å². The number of rotatable bonds is 5. The fraction of sp³-hybridized carbons (Fsp3) is 0.467. The molecule has 1 aliphatic rings. The third-order valence-corrected chi connectivity index (χ3v) is 4.35. The Labute approximate surface area is 127 Å². The predicted molar refractivity (Wildman–Crippen MR) is 81.0 cm³/mol. The van der Waals surface area contributed by atoms with Crippen LogP contribution in [0.15, 0.2) is 17.5 Å². The van der Waals surface area contributed by atoms with Crippen LogP contribution < -0.4 is 0 Å². The molecule has 21 heavy (non-hydrogen) atoms. The third kappa shape index (κ3) is 4.41. The molecule has 1 saturated heterocycles. The fourth-order valence-electron chi connectivity index (χ4n) is 2.37. The van der Waals surface area contributed by atoms with Gasteiger partial charge in [0.2, 0.25) is 5.91 Å². The molecule has 0 aromatic carbocycles. The van der Waals surface area contributed by atoms with E-state index in [0.29, 0.717) is 13.2 Å². The van der Waals surface area contributed by atoms with Crippen molar-refractivity contribution >= 4 is 29.3 Å². The molecule has 2 atom stereocenters. The second kappa shape index (κ2) is 6.87. The molecule has 2 heterocycles. The Morgan fingerprint density at radius 1 is 1.57 bits per heavy atom. The molecule has 0 spiro atoms. The Kier molecular flexibility index (Phi) is 5.14. The van der Waals surface area contributed by atoms with E-state index in [-0.39, 0.29) is 17.9 Å². The normalized spacial score (nSPS) is 21.8. The average molecular weight is 309 g/mol. The SMILES string of the molecule is CC1CC(C(=O)N(C)Cc2csc(/C=C/C(=O)O)c2)CO1. The molecule has 1 N–H and O–H groups in total. The molecule has 1 amide bonds. The van der Waals surface area contributed by atoms with Crippen LogP contribution >= 0.6 is 11.3 Å². The van der Waals surface area contributed by atoms with Crippen molar-refractivity contribution < 1.29 is 19.4 Å². The van der Waals surface area contributed by atoms with Crippen molar-refractivity contribution in [2.24, 2.45) is 5.92 Å². The van der Waals surface area contributed by atoms with Crippen LogP contribution in [-0.2, 0) is 20.9 Å². The van der Waals surface area contributed by atoms with Crippen molar-refractivity contribution in [3.05, 3.63) is 28.0 Å². The largest absolute Gasteiger partial charge is 0.478 e. The topological polar surface area (TPSA) is 66.8 Å². The average Bonchev–Trinajstić information content (AvgIpc) is 3.04. The van der Waals surface area contributed by atoms with Crippen LogP contribution in [0.3, 0.4) is 0 Å². The van der Waals surface area contributed by atoms with Crippen molar-refractivity contribution in [2.45, 2.75) is 26.0 Å². The molecule has 2 rings (SSSR count). The van der Waals surface area contributed by atoms with Crippen molar-refractivity contribution in [2.75, 3.05) is 13.7 Å². The second-order valence-electron chi connectivity index (χ2n) is 5.30. The van der Waals surface area contributed by atoms with Gasteiger partial charge in [0.05, 0.1) is 18.6 Å². The highest BCUT2D eigenvalue weighted by atomic mass is 32.1. The summed E-state index contributed by atoms with van der Waals surface area (Å²) in [6.07, 6.45) is 3.60. The summed E-state index contributed by atoms with van der Waals surface area (Å²) in [6.45, 7) is 3.01. The Bertz CT molecular complexity index is 552. The molecule has 0 aliphatic carbocycles. The first-order chi connectivity index (χ1) is 9.95. The molecular formula is C15H19NO4S. The molecule has 5 nitrogen and oxygen atoms in total. The summed E-state index contributed by atoms with van der Waals surface area (Å²) in [5, 5.41) is 10.5. The quantitative estimate of drug-likeness (QED) is 0.847. The smallest absolute Gasteiger partial charge is 0.328 e. The number of aliphatic carboxylic acids is 1. The van der Waals surface area contributed by atoms with Crippen LogP contribution in [0.4, 0.5) is 0 Å². The van der Waals surface area contributed by atoms with E-state index in [4.69, 9.17) is 9.84 Å². The summed E-state index contributed by atoms with van der Waals surface area (Å²) >= 11 is 1.47. The minimum absolute atomic E-state index is 0.0463. The van der Waals surface area contributed by atoms with Crippen LogP contribution in [0.25, 0.3) is 6.08 Å². The minimum Gasteiger partial charge on any atom is -0.478 e. The van der Waals surface area contributed by atoms with Crippen LogP contribution in [-0.4, -0.2) is 41.6 Å². The van der Waals surface area contributed by atoms with E-state index in [0.717, 1.165) is 22.9 Å². The molecule has 1 aromatic rings. The zero-order valence-electron chi connectivity index (χ0n) is 12.1. The third-order valence-electron chi connectivity index (χ3n) is 3.41. The molecule has 6 heteroatoms. The number of hydrogen-bond acceptors (Lipinski definition) is 4. The maximum atomic E-state index is 12.3. The first kappa shape index (κ1) is 15.7. The molecule has 0 radical (unpaired) electrons. The lowest BCUT2D eigenvalue weighted by atomic mass is 10.0. The Hall–Kier alpha value is -1.66. The van der Waals surface area contributed by atoms with Crippen molar-refractivity contribution in [3.63, 3.8) is 0 Å². The van der Waals surface area contributed by atoms with Crippen LogP contribution in [0.2, 0.25) is 0 Å². The Morgan fingerprint density at radius 2 is 2.33 bits per heavy atom. The fourth-order valence-corrected chi connectivity index (χ4v) is 3.17. The lowest BCUT2D eigenvalue weighted by Crippen LogP contribution is -2.32. The van der Waals surface area contributed by atoms with E-state index in [1.54, 1.807) is 18.0 Å². The highest BCUT2D eigenvalue weighted by Crippen LogP contribution is 2.23. The highest BCUT2D eigenvalue weighted by Gasteiger charge is 2.30. The first-order valence-electron chi connectivity index (χ1n) is 6.80. The zero-order chi connectivity index (χ0) is 15.4. The van der Waals surface area contributed by atoms with Gasteiger partial charge in [-0.3, -0.25) is 4.79 Å². The lowest BCUT2D eigenvalue weighted by molar-refractivity contribution is -0.134. The standard InChI is InChI=1S/C15H19NO4S/c1-10-5-12(8-20-10)15(19)16(2)7-11-6-13(21-9-11)3-4-14(17)18/h3-4,6,9-10,12H,5,7-8H2,1-2H3,(H,17,18)/b4-3+. The van der Waals surface area contributed by atoms with E-state index in [1.165, 1.54) is 11.3 Å². The minimum atomic E-state index is -0.965. The maximum absolute atomic E-state index is 12.3. The molecule has 1 aromatic heterocycles. The number of carbonyl (C=O) groups excluding carboxylic acids is 1. The molecule has 114 valence electrons. The van der Waals surface area contributed by atoms with Gasteiger partial charge in [-0.2, -0.15) is 0 Å². The lowest BCUT2D eigenvalue weighted by Gasteiger charge is -2.19. The number of carboxylic acid groups (broad SMARTS) is 1. The number of hydrogen-bond donors (Lipinski definition) is 1. The number of thiophene rings is 1. The van der Waals surface area contributed by atoms with E-state index < -0.39 is 5.97 Å². The first-order valence-corrected chi connectivity index (χ1v) is 7.68. The highest BCUT2D eigenvalue weighted by molar-refractivity contribution is 7.11. The van der Waals surface area contributed by atoms with Gasteiger partial charge in [0.1, 0.15) is 0 Å². The van der Waals surface area contributed by atoms with Crippen LogP contribution in [0.5, 0.6) is 0 Å².